The van der Waals surface area contributed by atoms with Crippen LogP contribution in [0.2, 0.25) is 0 Å². The number of carbonyl (C=O) groups excluding carboxylic acids is 1. The average molecular weight is 354 g/mol. The van der Waals surface area contributed by atoms with Gasteiger partial charge in [-0.1, -0.05) is 15.9 Å². The quantitative estimate of drug-likeness (QED) is 0.676. The molecule has 1 aromatic heterocycles. The molecule has 0 saturated heterocycles. The van der Waals surface area contributed by atoms with E-state index in [-0.39, 0.29) is 16.9 Å². The van der Waals surface area contributed by atoms with Crippen molar-refractivity contribution in [2.24, 2.45) is 0 Å². The number of nitro groups is 1. The van der Waals surface area contributed by atoms with Crippen molar-refractivity contribution in [3.63, 3.8) is 0 Å². The van der Waals surface area contributed by atoms with Gasteiger partial charge in [-0.3, -0.25) is 19.9 Å². The number of rotatable bonds is 3. The summed E-state index contributed by atoms with van der Waals surface area (Å²) >= 11 is 3.11. The van der Waals surface area contributed by atoms with Crippen LogP contribution in [-0.2, 0) is 0 Å². The molecular formula is C13H9BrFN3O3. The summed E-state index contributed by atoms with van der Waals surface area (Å²) in [6.07, 6.45) is 1.06. The lowest BCUT2D eigenvalue weighted by atomic mass is 10.1. The number of benzene rings is 1. The zero-order valence-electron chi connectivity index (χ0n) is 10.8. The van der Waals surface area contributed by atoms with Crippen molar-refractivity contribution in [3.8, 4) is 0 Å². The van der Waals surface area contributed by atoms with E-state index in [0.29, 0.717) is 10.2 Å². The molecule has 108 valence electrons. The Balaban J connectivity index is 2.32. The van der Waals surface area contributed by atoms with Crippen molar-refractivity contribution in [1.82, 2.24) is 4.98 Å². The van der Waals surface area contributed by atoms with E-state index in [0.717, 1.165) is 12.3 Å². The molecule has 2 aromatic rings. The normalized spacial score (nSPS) is 10.2. The number of nitrogens with one attached hydrogen (secondary N) is 1. The molecule has 0 aliphatic heterocycles. The lowest BCUT2D eigenvalue weighted by molar-refractivity contribution is -0.385. The standard InChI is InChI=1S/C13H9BrFN3O3/c1-7-10(5-9(6-16-7)18(20)21)13(19)17-12-3-2-8(14)4-11(12)15/h2-6H,1H3,(H,17,19). The molecule has 0 unspecified atom stereocenters. The molecule has 1 amide bonds. The number of amides is 1. The fourth-order valence-electron chi connectivity index (χ4n) is 1.63. The van der Waals surface area contributed by atoms with Crippen molar-refractivity contribution < 1.29 is 14.1 Å². The molecule has 0 saturated carbocycles. The number of nitrogens with zero attached hydrogens (tertiary/aromatic N) is 2. The van der Waals surface area contributed by atoms with E-state index in [2.05, 4.69) is 26.2 Å². The number of carbonyl (C=O) groups is 1. The van der Waals surface area contributed by atoms with Crippen LogP contribution in [0.5, 0.6) is 0 Å². The van der Waals surface area contributed by atoms with Gasteiger partial charge in [0.15, 0.2) is 0 Å². The molecule has 1 aromatic carbocycles. The third-order valence-corrected chi connectivity index (χ3v) is 3.20. The zero-order chi connectivity index (χ0) is 15.6. The number of aromatic nitrogens is 1. The minimum atomic E-state index is -0.662. The van der Waals surface area contributed by atoms with E-state index in [9.17, 15) is 19.3 Å². The molecule has 0 bridgehead atoms. The number of hydrogen-bond donors (Lipinski definition) is 1. The first kappa shape index (κ1) is 15.0. The topological polar surface area (TPSA) is 85.1 Å². The van der Waals surface area contributed by atoms with Gasteiger partial charge in [-0.2, -0.15) is 0 Å². The van der Waals surface area contributed by atoms with Crippen molar-refractivity contribution in [3.05, 3.63) is 62.1 Å². The maximum atomic E-state index is 13.7. The lowest BCUT2D eigenvalue weighted by Crippen LogP contribution is -2.15. The molecule has 1 N–H and O–H groups in total. The fourth-order valence-corrected chi connectivity index (χ4v) is 1.97. The first-order valence-electron chi connectivity index (χ1n) is 5.76. The van der Waals surface area contributed by atoms with Gasteiger partial charge in [-0.25, -0.2) is 4.39 Å². The highest BCUT2D eigenvalue weighted by Crippen LogP contribution is 2.21. The van der Waals surface area contributed by atoms with Crippen molar-refractivity contribution in [2.45, 2.75) is 6.92 Å². The average Bonchev–Trinajstić information content (AvgIpc) is 2.42. The van der Waals surface area contributed by atoms with E-state index in [1.165, 1.54) is 19.1 Å². The molecule has 0 radical (unpaired) electrons. The van der Waals surface area contributed by atoms with Crippen LogP contribution >= 0.6 is 15.9 Å². The molecule has 8 heteroatoms. The second-order valence-corrected chi connectivity index (χ2v) is 5.08. The minimum Gasteiger partial charge on any atom is -0.319 e. The van der Waals surface area contributed by atoms with Crippen LogP contribution in [0.15, 0.2) is 34.9 Å². The van der Waals surface area contributed by atoms with E-state index in [1.54, 1.807) is 6.07 Å². The number of hydrogen-bond acceptors (Lipinski definition) is 4. The second kappa shape index (κ2) is 5.96. The van der Waals surface area contributed by atoms with Gasteiger partial charge in [-0.15, -0.1) is 0 Å². The number of aryl methyl sites for hydroxylation is 1. The maximum Gasteiger partial charge on any atom is 0.288 e. The summed E-state index contributed by atoms with van der Waals surface area (Å²) in [7, 11) is 0. The van der Waals surface area contributed by atoms with Crippen LogP contribution in [0.3, 0.4) is 0 Å². The number of pyridine rings is 1. The first-order chi connectivity index (χ1) is 9.88. The van der Waals surface area contributed by atoms with Crippen LogP contribution in [-0.4, -0.2) is 15.8 Å². The lowest BCUT2D eigenvalue weighted by Gasteiger charge is -2.08. The Kier molecular flexibility index (Phi) is 4.27. The predicted octanol–water partition coefficient (Wildman–Crippen LogP) is 3.45. The Morgan fingerprint density at radius 2 is 2.14 bits per heavy atom. The summed E-state index contributed by atoms with van der Waals surface area (Å²) in [5.41, 5.74) is 0.0123. The Morgan fingerprint density at radius 1 is 1.43 bits per heavy atom. The smallest absolute Gasteiger partial charge is 0.288 e. The highest BCUT2D eigenvalue weighted by Gasteiger charge is 2.17. The van der Waals surface area contributed by atoms with Crippen LogP contribution in [0.4, 0.5) is 15.8 Å². The van der Waals surface area contributed by atoms with Crippen molar-refractivity contribution >= 4 is 33.2 Å². The highest BCUT2D eigenvalue weighted by molar-refractivity contribution is 9.10. The molecule has 0 aliphatic carbocycles. The van der Waals surface area contributed by atoms with Gasteiger partial charge in [0, 0.05) is 10.5 Å². The Labute approximate surface area is 127 Å². The second-order valence-electron chi connectivity index (χ2n) is 4.16. The van der Waals surface area contributed by atoms with Crippen molar-refractivity contribution in [2.75, 3.05) is 5.32 Å². The minimum absolute atomic E-state index is 0.0193. The van der Waals surface area contributed by atoms with Gasteiger partial charge in [0.25, 0.3) is 11.6 Å². The zero-order valence-corrected chi connectivity index (χ0v) is 12.3. The van der Waals surface area contributed by atoms with Crippen molar-refractivity contribution in [1.29, 1.82) is 0 Å². The molecule has 0 spiro atoms. The highest BCUT2D eigenvalue weighted by atomic mass is 79.9. The maximum absolute atomic E-state index is 13.7. The number of halogens is 2. The first-order valence-corrected chi connectivity index (χ1v) is 6.55. The molecule has 6 nitrogen and oxygen atoms in total. The molecular weight excluding hydrogens is 345 g/mol. The Hall–Kier alpha value is -2.35. The molecule has 2 rings (SSSR count). The summed E-state index contributed by atoms with van der Waals surface area (Å²) in [5, 5.41) is 13.1. The van der Waals surface area contributed by atoms with Crippen LogP contribution < -0.4 is 5.32 Å². The monoisotopic (exact) mass is 353 g/mol. The van der Waals surface area contributed by atoms with Gasteiger partial charge < -0.3 is 5.32 Å². The molecule has 1 heterocycles. The fraction of sp³-hybridized carbons (Fsp3) is 0.0769. The summed E-state index contributed by atoms with van der Waals surface area (Å²) < 4.78 is 14.2. The molecule has 21 heavy (non-hydrogen) atoms. The summed E-state index contributed by atoms with van der Waals surface area (Å²) in [5.74, 6) is -1.28. The van der Waals surface area contributed by atoms with E-state index in [1.807, 2.05) is 0 Å². The number of anilines is 1. The van der Waals surface area contributed by atoms with Crippen LogP contribution in [0.25, 0.3) is 0 Å². The van der Waals surface area contributed by atoms with Gasteiger partial charge in [0.2, 0.25) is 0 Å². The van der Waals surface area contributed by atoms with E-state index >= 15 is 0 Å². The summed E-state index contributed by atoms with van der Waals surface area (Å²) in [6.45, 7) is 1.54. The van der Waals surface area contributed by atoms with Crippen LogP contribution in [0, 0.1) is 22.9 Å². The summed E-state index contributed by atoms with van der Waals surface area (Å²) in [4.78, 5) is 25.9. The predicted molar refractivity (Wildman–Crippen MR) is 77.7 cm³/mol. The van der Waals surface area contributed by atoms with Gasteiger partial charge in [-0.05, 0) is 25.1 Å². The van der Waals surface area contributed by atoms with E-state index < -0.39 is 16.6 Å². The third kappa shape index (κ3) is 3.40. The van der Waals surface area contributed by atoms with Crippen LogP contribution in [0.1, 0.15) is 16.1 Å². The van der Waals surface area contributed by atoms with Gasteiger partial charge in [0.1, 0.15) is 12.0 Å². The molecule has 0 atom stereocenters. The third-order valence-electron chi connectivity index (χ3n) is 2.71. The molecule has 0 fully saturated rings. The SMILES string of the molecule is Cc1ncc([N+](=O)[O-])cc1C(=O)Nc1ccc(Br)cc1F. The Bertz CT molecular complexity index is 737. The van der Waals surface area contributed by atoms with E-state index in [4.69, 9.17) is 0 Å². The largest absolute Gasteiger partial charge is 0.319 e. The molecule has 0 aliphatic rings. The Morgan fingerprint density at radius 3 is 2.76 bits per heavy atom. The van der Waals surface area contributed by atoms with Gasteiger partial charge >= 0.3 is 0 Å². The summed E-state index contributed by atoms with van der Waals surface area (Å²) in [6, 6.07) is 5.26. The van der Waals surface area contributed by atoms with Gasteiger partial charge in [0.05, 0.1) is 21.9 Å².